The highest BCUT2D eigenvalue weighted by molar-refractivity contribution is 6.04. The molecule has 2 aromatic carbocycles. The summed E-state index contributed by atoms with van der Waals surface area (Å²) in [5.41, 5.74) is 2.22. The molecule has 1 saturated heterocycles. The average Bonchev–Trinajstić information content (AvgIpc) is 2.88. The summed E-state index contributed by atoms with van der Waals surface area (Å²) in [5.74, 6) is 2.47. The number of aromatic nitrogens is 1. The van der Waals surface area contributed by atoms with Gasteiger partial charge in [0.15, 0.2) is 19.5 Å². The molecule has 1 aromatic heterocycles. The third kappa shape index (κ3) is 4.93. The number of hydrogen-bond donors (Lipinski definition) is 0. The van der Waals surface area contributed by atoms with Gasteiger partial charge in [-0.05, 0) is 67.2 Å². The van der Waals surface area contributed by atoms with Gasteiger partial charge >= 0.3 is 0 Å². The highest BCUT2D eigenvalue weighted by Gasteiger charge is 2.23. The summed E-state index contributed by atoms with van der Waals surface area (Å²) < 4.78 is 18.6. The maximum Gasteiger partial charge on any atom is 0.251 e. The quantitative estimate of drug-likeness (QED) is 0.504. The minimum atomic E-state index is 0.0369. The van der Waals surface area contributed by atoms with Crippen LogP contribution in [-0.2, 0) is 13.1 Å². The lowest BCUT2D eigenvalue weighted by Crippen LogP contribution is -2.44. The van der Waals surface area contributed by atoms with E-state index in [9.17, 15) is 4.79 Å². The Kier molecular flexibility index (Phi) is 6.78. The summed E-state index contributed by atoms with van der Waals surface area (Å²) >= 11 is 0. The molecule has 8 heteroatoms. The molecule has 0 aliphatic carbocycles. The number of methoxy groups -OCH3 is 1. The first-order chi connectivity index (χ1) is 16.6. The number of rotatable bonds is 7. The molecular formula is C26H32BN3O4. The molecule has 0 N–H and O–H groups in total. The number of ether oxygens (including phenoxy) is 3. The number of pyridine rings is 1. The van der Waals surface area contributed by atoms with Crippen LogP contribution in [0.5, 0.6) is 17.2 Å². The molecule has 0 saturated carbocycles. The Balaban J connectivity index is 1.16. The molecule has 0 amide bonds. The first-order valence-electron chi connectivity index (χ1n) is 12.1. The van der Waals surface area contributed by atoms with Gasteiger partial charge in [-0.15, -0.1) is 0 Å². The predicted molar refractivity (Wildman–Crippen MR) is 136 cm³/mol. The third-order valence-electron chi connectivity index (χ3n) is 7.06. The molecule has 5 rings (SSSR count). The van der Waals surface area contributed by atoms with Crippen molar-refractivity contribution < 1.29 is 14.2 Å². The summed E-state index contributed by atoms with van der Waals surface area (Å²) in [6.45, 7) is 5.76. The van der Waals surface area contributed by atoms with E-state index >= 15 is 0 Å². The van der Waals surface area contributed by atoms with Crippen LogP contribution in [-0.4, -0.2) is 68.3 Å². The number of hydrogen-bond acceptors (Lipinski definition) is 6. The van der Waals surface area contributed by atoms with Gasteiger partial charge in [-0.25, -0.2) is 0 Å². The van der Waals surface area contributed by atoms with Gasteiger partial charge in [-0.3, -0.25) is 4.79 Å². The Labute approximate surface area is 201 Å². The van der Waals surface area contributed by atoms with Crippen molar-refractivity contribution in [3.63, 3.8) is 0 Å². The third-order valence-corrected chi connectivity index (χ3v) is 7.06. The lowest BCUT2D eigenvalue weighted by molar-refractivity contribution is 0.153. The molecule has 0 bridgehead atoms. The molecule has 1 fully saturated rings. The molecular weight excluding hydrogens is 429 g/mol. The average molecular weight is 461 g/mol. The van der Waals surface area contributed by atoms with Gasteiger partial charge in [-0.2, -0.15) is 0 Å². The van der Waals surface area contributed by atoms with Crippen LogP contribution in [0.4, 0.5) is 0 Å². The van der Waals surface area contributed by atoms with Gasteiger partial charge in [0.1, 0.15) is 19.0 Å². The van der Waals surface area contributed by atoms with Crippen LogP contribution in [0.1, 0.15) is 18.4 Å². The SMILES string of the molecule is BN(Cc1ccc2c(c1)OCCO2)C1CCN(CCn2c(=O)ccc3ccc(OC)cc32)CC1. The lowest BCUT2D eigenvalue weighted by atomic mass is 9.99. The van der Waals surface area contributed by atoms with Crippen LogP contribution in [0.25, 0.3) is 10.9 Å². The highest BCUT2D eigenvalue weighted by atomic mass is 16.6. The second-order valence-corrected chi connectivity index (χ2v) is 9.21. The topological polar surface area (TPSA) is 56.2 Å². The van der Waals surface area contributed by atoms with Crippen molar-refractivity contribution in [1.29, 1.82) is 0 Å². The Morgan fingerprint density at radius 1 is 1.00 bits per heavy atom. The molecule has 2 aliphatic rings. The lowest BCUT2D eigenvalue weighted by Gasteiger charge is -2.37. The van der Waals surface area contributed by atoms with Crippen molar-refractivity contribution in [1.82, 2.24) is 14.3 Å². The Morgan fingerprint density at radius 3 is 2.56 bits per heavy atom. The van der Waals surface area contributed by atoms with Crippen molar-refractivity contribution in [2.24, 2.45) is 0 Å². The standard InChI is InChI=1S/C26H32BN3O4/c1-32-22-5-3-20-4-7-26(31)29(23(20)17-22)13-12-28-10-8-21(9-11-28)30(27)18-19-2-6-24-25(16-19)34-15-14-33-24/h2-7,16-17,21H,8-15,18,27H2,1H3. The number of nitrogens with zero attached hydrogens (tertiary/aromatic N) is 3. The van der Waals surface area contributed by atoms with Crippen LogP contribution in [0.3, 0.4) is 0 Å². The number of likely N-dealkylation sites (tertiary alicyclic amines) is 1. The molecule has 0 radical (unpaired) electrons. The first kappa shape index (κ1) is 22.8. The van der Waals surface area contributed by atoms with Gasteiger partial charge in [0, 0.05) is 37.8 Å². The van der Waals surface area contributed by atoms with E-state index < -0.39 is 0 Å². The van der Waals surface area contributed by atoms with E-state index in [0.29, 0.717) is 25.8 Å². The zero-order chi connectivity index (χ0) is 23.5. The number of piperidine rings is 1. The van der Waals surface area contributed by atoms with E-state index in [1.807, 2.05) is 34.9 Å². The van der Waals surface area contributed by atoms with Crippen molar-refractivity contribution in [2.75, 3.05) is 40.0 Å². The zero-order valence-electron chi connectivity index (χ0n) is 20.0. The predicted octanol–water partition coefficient (Wildman–Crippen LogP) is 2.30. The van der Waals surface area contributed by atoms with Crippen molar-refractivity contribution in [3.05, 3.63) is 64.4 Å². The van der Waals surface area contributed by atoms with E-state index in [4.69, 9.17) is 14.2 Å². The number of fused-ring (bicyclic) bond motifs is 2. The summed E-state index contributed by atoms with van der Waals surface area (Å²) in [7, 11) is 3.86. The molecule has 34 heavy (non-hydrogen) atoms. The summed E-state index contributed by atoms with van der Waals surface area (Å²) in [6.07, 6.45) is 2.25. The van der Waals surface area contributed by atoms with E-state index in [2.05, 4.69) is 29.8 Å². The maximum atomic E-state index is 12.6. The molecule has 7 nitrogen and oxygen atoms in total. The summed E-state index contributed by atoms with van der Waals surface area (Å²) in [5, 5.41) is 1.06. The molecule has 2 aliphatic heterocycles. The normalized spacial score (nSPS) is 16.8. The van der Waals surface area contributed by atoms with Crippen LogP contribution >= 0.6 is 0 Å². The molecule has 3 aromatic rings. The van der Waals surface area contributed by atoms with Crippen molar-refractivity contribution >= 4 is 18.9 Å². The minimum Gasteiger partial charge on any atom is -0.497 e. The second kappa shape index (κ2) is 10.1. The van der Waals surface area contributed by atoms with Crippen LogP contribution < -0.4 is 19.8 Å². The second-order valence-electron chi connectivity index (χ2n) is 9.21. The van der Waals surface area contributed by atoms with Crippen molar-refractivity contribution in [2.45, 2.75) is 32.0 Å². The molecule has 3 heterocycles. The van der Waals surface area contributed by atoms with Gasteiger partial charge in [0.25, 0.3) is 5.56 Å². The van der Waals surface area contributed by atoms with Gasteiger partial charge < -0.3 is 28.5 Å². The smallest absolute Gasteiger partial charge is 0.251 e. The van der Waals surface area contributed by atoms with E-state index in [1.165, 1.54) is 5.56 Å². The van der Waals surface area contributed by atoms with Gasteiger partial charge in [0.2, 0.25) is 0 Å². The first-order valence-corrected chi connectivity index (χ1v) is 12.1. The largest absolute Gasteiger partial charge is 0.497 e. The Bertz CT molecular complexity index is 1210. The molecule has 178 valence electrons. The summed E-state index contributed by atoms with van der Waals surface area (Å²) in [4.78, 5) is 17.5. The Morgan fingerprint density at radius 2 is 1.76 bits per heavy atom. The molecule has 0 spiro atoms. The van der Waals surface area contributed by atoms with E-state index in [0.717, 1.165) is 67.2 Å². The van der Waals surface area contributed by atoms with E-state index in [-0.39, 0.29) is 5.56 Å². The van der Waals surface area contributed by atoms with Crippen molar-refractivity contribution in [3.8, 4) is 17.2 Å². The molecule has 0 atom stereocenters. The summed E-state index contributed by atoms with van der Waals surface area (Å²) in [6, 6.07) is 16.3. The fourth-order valence-electron chi connectivity index (χ4n) is 5.05. The van der Waals surface area contributed by atoms with Gasteiger partial charge in [-0.1, -0.05) is 6.07 Å². The minimum absolute atomic E-state index is 0.0369. The van der Waals surface area contributed by atoms with Crippen LogP contribution in [0, 0.1) is 0 Å². The Hall–Kier alpha value is -2.97. The van der Waals surface area contributed by atoms with Crippen LogP contribution in [0.15, 0.2) is 53.3 Å². The van der Waals surface area contributed by atoms with Gasteiger partial charge in [0.05, 0.1) is 12.6 Å². The van der Waals surface area contributed by atoms with E-state index in [1.54, 1.807) is 13.2 Å². The fourth-order valence-corrected chi connectivity index (χ4v) is 5.05. The zero-order valence-corrected chi connectivity index (χ0v) is 20.0. The monoisotopic (exact) mass is 461 g/mol. The number of benzene rings is 2. The van der Waals surface area contributed by atoms with Crippen LogP contribution in [0.2, 0.25) is 0 Å². The fraction of sp³-hybridized carbons (Fsp3) is 0.423. The highest BCUT2D eigenvalue weighted by Crippen LogP contribution is 2.31. The molecule has 0 unspecified atom stereocenters. The maximum absolute atomic E-state index is 12.6.